The Balaban J connectivity index is 1.44. The number of aromatic nitrogens is 3. The third-order valence-electron chi connectivity index (χ3n) is 4.25. The molecule has 1 N–H and O–H groups in total. The first-order valence-corrected chi connectivity index (χ1v) is 8.64. The molecule has 4 rings (SSSR count). The standard InChI is InChI=1S/C21H18N4O2/c26-21(19-13-20(27-24-19)16-7-2-1-3-8-16)22-14-17-9-4-5-10-18(17)15-25-12-6-11-23-25/h1-13H,14-15H2,(H,22,26). The summed E-state index contributed by atoms with van der Waals surface area (Å²) in [6.45, 7) is 1.06. The Labute approximate surface area is 156 Å². The molecule has 0 bridgehead atoms. The van der Waals surface area contributed by atoms with E-state index in [9.17, 15) is 4.79 Å². The van der Waals surface area contributed by atoms with E-state index in [0.717, 1.165) is 16.7 Å². The van der Waals surface area contributed by atoms with E-state index in [2.05, 4.69) is 15.6 Å². The highest BCUT2D eigenvalue weighted by Gasteiger charge is 2.14. The predicted molar refractivity (Wildman–Crippen MR) is 101 cm³/mol. The molecular weight excluding hydrogens is 340 g/mol. The molecule has 134 valence electrons. The SMILES string of the molecule is O=C(NCc1ccccc1Cn1cccn1)c1cc(-c2ccccc2)on1. The van der Waals surface area contributed by atoms with Crippen LogP contribution in [0.4, 0.5) is 0 Å². The smallest absolute Gasteiger partial charge is 0.273 e. The molecule has 27 heavy (non-hydrogen) atoms. The Kier molecular flexibility index (Phi) is 4.78. The summed E-state index contributed by atoms with van der Waals surface area (Å²) in [4.78, 5) is 12.4. The Bertz CT molecular complexity index is 1020. The van der Waals surface area contributed by atoms with Gasteiger partial charge in [-0.15, -0.1) is 0 Å². The molecule has 0 atom stereocenters. The van der Waals surface area contributed by atoms with Crippen molar-refractivity contribution >= 4 is 5.91 Å². The van der Waals surface area contributed by atoms with Crippen LogP contribution in [-0.2, 0) is 13.1 Å². The van der Waals surface area contributed by atoms with E-state index in [1.807, 2.05) is 71.5 Å². The molecule has 0 aliphatic heterocycles. The number of amides is 1. The number of nitrogens with zero attached hydrogens (tertiary/aromatic N) is 3. The van der Waals surface area contributed by atoms with Gasteiger partial charge in [-0.3, -0.25) is 9.48 Å². The lowest BCUT2D eigenvalue weighted by atomic mass is 10.1. The van der Waals surface area contributed by atoms with Crippen LogP contribution in [0.15, 0.2) is 83.6 Å². The number of rotatable bonds is 6. The summed E-state index contributed by atoms with van der Waals surface area (Å²) >= 11 is 0. The number of nitrogens with one attached hydrogen (secondary N) is 1. The zero-order chi connectivity index (χ0) is 18.5. The minimum Gasteiger partial charge on any atom is -0.355 e. The molecule has 6 nitrogen and oxygen atoms in total. The summed E-state index contributed by atoms with van der Waals surface area (Å²) in [5.74, 6) is 0.301. The maximum absolute atomic E-state index is 12.4. The van der Waals surface area contributed by atoms with Crippen LogP contribution in [-0.4, -0.2) is 20.8 Å². The molecule has 2 aromatic heterocycles. The van der Waals surface area contributed by atoms with Gasteiger partial charge < -0.3 is 9.84 Å². The molecule has 0 saturated carbocycles. The van der Waals surface area contributed by atoms with Gasteiger partial charge in [-0.2, -0.15) is 5.10 Å². The summed E-state index contributed by atoms with van der Waals surface area (Å²) in [5, 5.41) is 11.0. The highest BCUT2D eigenvalue weighted by molar-refractivity contribution is 5.93. The Morgan fingerprint density at radius 3 is 2.56 bits per heavy atom. The van der Waals surface area contributed by atoms with Gasteiger partial charge in [0.2, 0.25) is 0 Å². The lowest BCUT2D eigenvalue weighted by Crippen LogP contribution is -2.24. The van der Waals surface area contributed by atoms with Crippen LogP contribution in [0.2, 0.25) is 0 Å². The summed E-state index contributed by atoms with van der Waals surface area (Å²) in [7, 11) is 0. The molecule has 4 aromatic rings. The molecule has 0 spiro atoms. The summed E-state index contributed by atoms with van der Waals surface area (Å²) < 4.78 is 7.15. The van der Waals surface area contributed by atoms with E-state index in [0.29, 0.717) is 18.8 Å². The van der Waals surface area contributed by atoms with Crippen LogP contribution >= 0.6 is 0 Å². The quantitative estimate of drug-likeness (QED) is 0.572. The molecule has 2 aromatic carbocycles. The molecule has 0 aliphatic carbocycles. The van der Waals surface area contributed by atoms with Gasteiger partial charge in [-0.1, -0.05) is 59.8 Å². The Hall–Kier alpha value is -3.67. The number of hydrogen-bond acceptors (Lipinski definition) is 4. The van der Waals surface area contributed by atoms with Gasteiger partial charge in [0.15, 0.2) is 11.5 Å². The fourth-order valence-corrected chi connectivity index (χ4v) is 2.84. The Morgan fingerprint density at radius 2 is 1.78 bits per heavy atom. The lowest BCUT2D eigenvalue weighted by molar-refractivity contribution is 0.0942. The second-order valence-electron chi connectivity index (χ2n) is 6.10. The predicted octanol–water partition coefficient (Wildman–Crippen LogP) is 3.52. The third kappa shape index (κ3) is 3.95. The minimum atomic E-state index is -0.269. The summed E-state index contributed by atoms with van der Waals surface area (Å²) in [6, 6.07) is 21.1. The van der Waals surface area contributed by atoms with Crippen LogP contribution in [0.3, 0.4) is 0 Å². The molecule has 2 heterocycles. The fourth-order valence-electron chi connectivity index (χ4n) is 2.84. The topological polar surface area (TPSA) is 73.0 Å². The van der Waals surface area contributed by atoms with Crippen molar-refractivity contribution in [3.8, 4) is 11.3 Å². The van der Waals surface area contributed by atoms with Gasteiger partial charge in [-0.25, -0.2) is 0 Å². The van der Waals surface area contributed by atoms with Gasteiger partial charge in [-0.05, 0) is 17.2 Å². The molecule has 1 amide bonds. The van der Waals surface area contributed by atoms with Crippen LogP contribution in [0.1, 0.15) is 21.6 Å². The van der Waals surface area contributed by atoms with E-state index in [-0.39, 0.29) is 11.6 Å². The van der Waals surface area contributed by atoms with E-state index < -0.39 is 0 Å². The van der Waals surface area contributed by atoms with E-state index in [4.69, 9.17) is 4.52 Å². The van der Waals surface area contributed by atoms with Gasteiger partial charge >= 0.3 is 0 Å². The maximum atomic E-state index is 12.4. The highest BCUT2D eigenvalue weighted by atomic mass is 16.5. The number of carbonyl (C=O) groups is 1. The van der Waals surface area contributed by atoms with Crippen molar-refractivity contribution in [1.82, 2.24) is 20.3 Å². The van der Waals surface area contributed by atoms with Crippen LogP contribution in [0.25, 0.3) is 11.3 Å². The second-order valence-corrected chi connectivity index (χ2v) is 6.10. The van der Waals surface area contributed by atoms with Gasteiger partial charge in [0.25, 0.3) is 5.91 Å². The Morgan fingerprint density at radius 1 is 1.00 bits per heavy atom. The van der Waals surface area contributed by atoms with Crippen LogP contribution in [0, 0.1) is 0 Å². The average molecular weight is 358 g/mol. The number of carbonyl (C=O) groups excluding carboxylic acids is 1. The lowest BCUT2D eigenvalue weighted by Gasteiger charge is -2.10. The summed E-state index contributed by atoms with van der Waals surface area (Å²) in [5.41, 5.74) is 3.28. The van der Waals surface area contributed by atoms with Crippen molar-refractivity contribution in [2.24, 2.45) is 0 Å². The molecule has 0 fully saturated rings. The first kappa shape index (κ1) is 16.8. The minimum absolute atomic E-state index is 0.262. The van der Waals surface area contributed by atoms with Crippen molar-refractivity contribution in [3.63, 3.8) is 0 Å². The van der Waals surface area contributed by atoms with Crippen molar-refractivity contribution in [2.75, 3.05) is 0 Å². The van der Waals surface area contributed by atoms with Gasteiger partial charge in [0.1, 0.15) is 0 Å². The van der Waals surface area contributed by atoms with Gasteiger partial charge in [0, 0.05) is 30.6 Å². The first-order valence-electron chi connectivity index (χ1n) is 8.64. The van der Waals surface area contributed by atoms with Crippen molar-refractivity contribution in [3.05, 3.63) is 95.9 Å². The van der Waals surface area contributed by atoms with Crippen LogP contribution < -0.4 is 5.32 Å². The molecule has 0 saturated heterocycles. The second kappa shape index (κ2) is 7.70. The van der Waals surface area contributed by atoms with Crippen molar-refractivity contribution in [1.29, 1.82) is 0 Å². The van der Waals surface area contributed by atoms with Crippen molar-refractivity contribution < 1.29 is 9.32 Å². The zero-order valence-corrected chi connectivity index (χ0v) is 14.6. The van der Waals surface area contributed by atoms with E-state index in [1.54, 1.807) is 12.3 Å². The van der Waals surface area contributed by atoms with Gasteiger partial charge in [0.05, 0.1) is 6.54 Å². The zero-order valence-electron chi connectivity index (χ0n) is 14.6. The molecular formula is C21H18N4O2. The first-order chi connectivity index (χ1) is 13.3. The normalized spacial score (nSPS) is 10.7. The maximum Gasteiger partial charge on any atom is 0.273 e. The number of benzene rings is 2. The number of hydrogen-bond donors (Lipinski definition) is 1. The van der Waals surface area contributed by atoms with E-state index in [1.165, 1.54) is 0 Å². The highest BCUT2D eigenvalue weighted by Crippen LogP contribution is 2.19. The van der Waals surface area contributed by atoms with E-state index >= 15 is 0 Å². The van der Waals surface area contributed by atoms with Crippen LogP contribution in [0.5, 0.6) is 0 Å². The third-order valence-corrected chi connectivity index (χ3v) is 4.25. The average Bonchev–Trinajstić information content (AvgIpc) is 3.40. The largest absolute Gasteiger partial charge is 0.355 e. The fraction of sp³-hybridized carbons (Fsp3) is 0.0952. The molecule has 0 unspecified atom stereocenters. The molecule has 6 heteroatoms. The van der Waals surface area contributed by atoms with Crippen molar-refractivity contribution in [2.45, 2.75) is 13.1 Å². The molecule has 0 aliphatic rings. The monoisotopic (exact) mass is 358 g/mol. The summed E-state index contributed by atoms with van der Waals surface area (Å²) in [6.07, 6.45) is 3.66. The molecule has 0 radical (unpaired) electrons.